The topological polar surface area (TPSA) is 79.3 Å². The third-order valence-electron chi connectivity index (χ3n) is 6.56. The minimum absolute atomic E-state index is 0.191. The minimum Gasteiger partial charge on any atom is -0.508 e. The molecule has 5 aromatic rings. The Morgan fingerprint density at radius 2 is 1.84 bits per heavy atom. The summed E-state index contributed by atoms with van der Waals surface area (Å²) in [6.07, 6.45) is 4.46. The molecule has 1 amide bonds. The van der Waals surface area contributed by atoms with Gasteiger partial charge in [-0.15, -0.1) is 0 Å². The van der Waals surface area contributed by atoms with Gasteiger partial charge in [0, 0.05) is 41.9 Å². The van der Waals surface area contributed by atoms with Gasteiger partial charge in [0.1, 0.15) is 23.0 Å². The lowest BCUT2D eigenvalue weighted by molar-refractivity contribution is 0.0946. The number of hydrogen-bond acceptors (Lipinski definition) is 3. The molecule has 0 aliphatic rings. The summed E-state index contributed by atoms with van der Waals surface area (Å²) in [4.78, 5) is 16.8. The van der Waals surface area contributed by atoms with Gasteiger partial charge < -0.3 is 24.7 Å². The number of aromatic hydroxyl groups is 1. The molecule has 0 radical (unpaired) electrons. The standard InChI is InChI=1S/C30H28FN3O3/c1-19-17-34(18-20-3-7-23(31)8-4-20)29(28(19)21-5-10-25(37-2)11-6-21)30(36)32-14-13-22-16-33-27-12-9-24(35)15-26(22)27/h3-12,15-17,33,35H,13-14,18H2,1-2H3,(H,32,36). The third kappa shape index (κ3) is 5.07. The molecule has 0 spiro atoms. The zero-order valence-electron chi connectivity index (χ0n) is 20.7. The van der Waals surface area contributed by atoms with Gasteiger partial charge in [-0.05, 0) is 78.1 Å². The van der Waals surface area contributed by atoms with E-state index in [0.717, 1.165) is 44.5 Å². The van der Waals surface area contributed by atoms with E-state index in [2.05, 4.69) is 10.3 Å². The van der Waals surface area contributed by atoms with Crippen molar-refractivity contribution in [2.75, 3.05) is 13.7 Å². The summed E-state index contributed by atoms with van der Waals surface area (Å²) in [6.45, 7) is 2.84. The number of halogens is 1. The smallest absolute Gasteiger partial charge is 0.268 e. The second kappa shape index (κ2) is 10.2. The number of aryl methyl sites for hydroxylation is 1. The first-order valence-corrected chi connectivity index (χ1v) is 12.1. The highest BCUT2D eigenvalue weighted by atomic mass is 19.1. The molecule has 0 atom stereocenters. The Morgan fingerprint density at radius 1 is 1.08 bits per heavy atom. The van der Waals surface area contributed by atoms with E-state index in [1.807, 2.05) is 54.2 Å². The van der Waals surface area contributed by atoms with Crippen molar-refractivity contribution < 1.29 is 19.0 Å². The van der Waals surface area contributed by atoms with Gasteiger partial charge in [-0.1, -0.05) is 24.3 Å². The van der Waals surface area contributed by atoms with E-state index in [-0.39, 0.29) is 17.5 Å². The van der Waals surface area contributed by atoms with Crippen molar-refractivity contribution in [3.8, 4) is 22.6 Å². The zero-order chi connectivity index (χ0) is 25.9. The molecule has 3 aromatic carbocycles. The van der Waals surface area contributed by atoms with Crippen LogP contribution in [-0.2, 0) is 13.0 Å². The number of aromatic nitrogens is 2. The average molecular weight is 498 g/mol. The molecule has 0 bridgehead atoms. The summed E-state index contributed by atoms with van der Waals surface area (Å²) in [5.74, 6) is 0.456. The van der Waals surface area contributed by atoms with Crippen LogP contribution < -0.4 is 10.1 Å². The lowest BCUT2D eigenvalue weighted by Gasteiger charge is -2.13. The van der Waals surface area contributed by atoms with E-state index in [1.165, 1.54) is 12.1 Å². The number of carbonyl (C=O) groups excluding carboxylic acids is 1. The second-order valence-electron chi connectivity index (χ2n) is 9.07. The fourth-order valence-electron chi connectivity index (χ4n) is 4.74. The number of nitrogens with zero attached hydrogens (tertiary/aromatic N) is 1. The molecule has 0 saturated carbocycles. The van der Waals surface area contributed by atoms with Crippen LogP contribution >= 0.6 is 0 Å². The maximum absolute atomic E-state index is 13.6. The molecule has 0 aliphatic carbocycles. The molecule has 0 fully saturated rings. The van der Waals surface area contributed by atoms with E-state index in [1.54, 1.807) is 31.4 Å². The van der Waals surface area contributed by atoms with Gasteiger partial charge in [0.2, 0.25) is 0 Å². The van der Waals surface area contributed by atoms with E-state index < -0.39 is 0 Å². The number of fused-ring (bicyclic) bond motifs is 1. The minimum atomic E-state index is -0.296. The Hall–Kier alpha value is -4.52. The maximum Gasteiger partial charge on any atom is 0.268 e. The molecule has 188 valence electrons. The Balaban J connectivity index is 1.43. The molecule has 5 rings (SSSR count). The van der Waals surface area contributed by atoms with Crippen molar-refractivity contribution in [1.82, 2.24) is 14.9 Å². The van der Waals surface area contributed by atoms with Crippen LogP contribution in [0.25, 0.3) is 22.0 Å². The molecule has 6 nitrogen and oxygen atoms in total. The van der Waals surface area contributed by atoms with Crippen LogP contribution in [0.4, 0.5) is 4.39 Å². The molecule has 3 N–H and O–H groups in total. The first kappa shape index (κ1) is 24.2. The maximum atomic E-state index is 13.6. The third-order valence-corrected chi connectivity index (χ3v) is 6.56. The van der Waals surface area contributed by atoms with Crippen LogP contribution in [0.3, 0.4) is 0 Å². The number of amides is 1. The van der Waals surface area contributed by atoms with Crippen LogP contribution in [0.2, 0.25) is 0 Å². The number of benzene rings is 3. The highest BCUT2D eigenvalue weighted by Crippen LogP contribution is 2.31. The van der Waals surface area contributed by atoms with Crippen molar-refractivity contribution in [2.45, 2.75) is 19.9 Å². The van der Waals surface area contributed by atoms with Gasteiger partial charge in [0.25, 0.3) is 5.91 Å². The Morgan fingerprint density at radius 3 is 2.57 bits per heavy atom. The number of carbonyl (C=O) groups is 1. The summed E-state index contributed by atoms with van der Waals surface area (Å²) in [5, 5.41) is 13.9. The SMILES string of the molecule is COc1ccc(-c2c(C)cn(Cc3ccc(F)cc3)c2C(=O)NCCc2c[nH]c3ccc(O)cc23)cc1. The number of nitrogens with one attached hydrogen (secondary N) is 2. The number of ether oxygens (including phenoxy) is 1. The molecular formula is C30H28FN3O3. The molecule has 0 saturated heterocycles. The number of hydrogen-bond donors (Lipinski definition) is 3. The number of phenolic OH excluding ortho intramolecular Hbond substituents is 1. The van der Waals surface area contributed by atoms with Crippen LogP contribution in [0, 0.1) is 12.7 Å². The Kier molecular flexibility index (Phi) is 6.68. The van der Waals surface area contributed by atoms with Crippen LogP contribution in [-0.4, -0.2) is 34.2 Å². The van der Waals surface area contributed by atoms with Crippen molar-refractivity contribution in [3.05, 3.63) is 107 Å². The average Bonchev–Trinajstić information content (AvgIpc) is 3.45. The first-order chi connectivity index (χ1) is 17.9. The summed E-state index contributed by atoms with van der Waals surface area (Å²) in [7, 11) is 1.62. The number of aromatic amines is 1. The fourth-order valence-corrected chi connectivity index (χ4v) is 4.74. The van der Waals surface area contributed by atoms with Gasteiger partial charge >= 0.3 is 0 Å². The van der Waals surface area contributed by atoms with E-state index in [9.17, 15) is 14.3 Å². The van der Waals surface area contributed by atoms with Crippen molar-refractivity contribution in [2.24, 2.45) is 0 Å². The summed E-state index contributed by atoms with van der Waals surface area (Å²) >= 11 is 0. The van der Waals surface area contributed by atoms with Crippen molar-refractivity contribution in [1.29, 1.82) is 0 Å². The van der Waals surface area contributed by atoms with Crippen LogP contribution in [0.1, 0.15) is 27.2 Å². The second-order valence-corrected chi connectivity index (χ2v) is 9.07. The number of rotatable bonds is 8. The van der Waals surface area contributed by atoms with Crippen LogP contribution in [0.5, 0.6) is 11.5 Å². The molecule has 37 heavy (non-hydrogen) atoms. The van der Waals surface area contributed by atoms with Crippen LogP contribution in [0.15, 0.2) is 79.1 Å². The summed E-state index contributed by atoms with van der Waals surface area (Å²) in [6, 6.07) is 19.1. The first-order valence-electron chi connectivity index (χ1n) is 12.1. The highest BCUT2D eigenvalue weighted by Gasteiger charge is 2.22. The molecule has 2 aromatic heterocycles. The number of phenols is 1. The molecular weight excluding hydrogens is 469 g/mol. The summed E-state index contributed by atoms with van der Waals surface area (Å²) in [5.41, 5.74) is 6.11. The highest BCUT2D eigenvalue weighted by molar-refractivity contribution is 6.00. The van der Waals surface area contributed by atoms with Gasteiger partial charge in [-0.3, -0.25) is 4.79 Å². The van der Waals surface area contributed by atoms with Crippen molar-refractivity contribution in [3.63, 3.8) is 0 Å². The predicted molar refractivity (Wildman–Crippen MR) is 143 cm³/mol. The quantitative estimate of drug-likeness (QED) is 0.253. The lowest BCUT2D eigenvalue weighted by Crippen LogP contribution is -2.28. The molecule has 7 heteroatoms. The van der Waals surface area contributed by atoms with Gasteiger partial charge in [0.15, 0.2) is 0 Å². The lowest BCUT2D eigenvalue weighted by atomic mass is 10.0. The Bertz CT molecular complexity index is 1550. The number of H-pyrrole nitrogens is 1. The van der Waals surface area contributed by atoms with Gasteiger partial charge in [-0.25, -0.2) is 4.39 Å². The molecule has 0 unspecified atom stereocenters. The largest absolute Gasteiger partial charge is 0.508 e. The molecule has 2 heterocycles. The predicted octanol–water partition coefficient (Wildman–Crippen LogP) is 5.82. The number of methoxy groups -OCH3 is 1. The summed E-state index contributed by atoms with van der Waals surface area (Å²) < 4.78 is 20.7. The van der Waals surface area contributed by atoms with Gasteiger partial charge in [0.05, 0.1) is 7.11 Å². The normalized spacial score (nSPS) is 11.1. The van der Waals surface area contributed by atoms with E-state index in [4.69, 9.17) is 4.74 Å². The van der Waals surface area contributed by atoms with Crippen molar-refractivity contribution >= 4 is 16.8 Å². The Labute approximate surface area is 214 Å². The monoisotopic (exact) mass is 497 g/mol. The van der Waals surface area contributed by atoms with E-state index >= 15 is 0 Å². The fraction of sp³-hybridized carbons (Fsp3) is 0.167. The van der Waals surface area contributed by atoms with Gasteiger partial charge in [-0.2, -0.15) is 0 Å². The molecule has 0 aliphatic heterocycles. The van der Waals surface area contributed by atoms with E-state index in [0.29, 0.717) is 25.2 Å². The zero-order valence-corrected chi connectivity index (χ0v) is 20.7.